The second-order valence-corrected chi connectivity index (χ2v) is 25.6. The summed E-state index contributed by atoms with van der Waals surface area (Å²) in [6.45, 7) is 23.0. The Morgan fingerprint density at radius 1 is 0.459 bits per heavy atom. The smallest absolute Gasteiger partial charge is 0.200 e. The van der Waals surface area contributed by atoms with Crippen LogP contribution in [0.15, 0.2) is 188 Å². The van der Waals surface area contributed by atoms with Gasteiger partial charge in [-0.2, -0.15) is 0 Å². The maximum absolute atomic E-state index is 17.0. The maximum Gasteiger partial charge on any atom is 0.200 e. The molecule has 11 aromatic rings. The first-order valence-corrected chi connectivity index (χ1v) is 28.7. The zero-order valence-corrected chi connectivity index (χ0v) is 49.7. The number of nitrogens with zero attached hydrogens (tertiary/aromatic N) is 4. The standard InChI is InChI=1S/C75H67F5N4O/c1-44(2)55-23-15-16-24-56(55)48-35-52(41-54(36-48)85-53-29-30-58-57-25-17-18-26-61(57)84(64(58)42-53)65-40-49(31-32-81-65)73(3,4)5)82-43-83(63-28-20-19-27-62(63)82)72-59(47-33-50(74(6,7)8)39-51(34-47)75(9,10)11)37-46(45-21-13-12-14-22-45)38-60(72)66-67(76)69(78)71(80)70(79)68(66)77/h12-42,44H,43H2,1-11H3/i44D. The molecular weight excluding hydrogens is 1070 g/mol. The van der Waals surface area contributed by atoms with Crippen LogP contribution in [0.2, 0.25) is 0 Å². The van der Waals surface area contributed by atoms with Gasteiger partial charge in [0.1, 0.15) is 24.0 Å². The first kappa shape index (κ1) is 55.2. The first-order chi connectivity index (χ1) is 40.7. The summed E-state index contributed by atoms with van der Waals surface area (Å²) in [5.41, 5.74) is 9.83. The van der Waals surface area contributed by atoms with Crippen molar-refractivity contribution in [2.45, 2.75) is 98.3 Å². The molecule has 1 aliphatic heterocycles. The van der Waals surface area contributed by atoms with Crippen molar-refractivity contribution in [2.24, 2.45) is 0 Å². The monoisotopic (exact) mass is 1140 g/mol. The maximum atomic E-state index is 17.0. The second kappa shape index (κ2) is 21.2. The predicted octanol–water partition coefficient (Wildman–Crippen LogP) is 21.6. The van der Waals surface area contributed by atoms with Crippen molar-refractivity contribution in [3.8, 4) is 61.8 Å². The number of anilines is 4. The summed E-state index contributed by atoms with van der Waals surface area (Å²) in [4.78, 5) is 8.89. The second-order valence-electron chi connectivity index (χ2n) is 25.6. The molecule has 0 unspecified atom stereocenters. The molecule has 0 aliphatic carbocycles. The van der Waals surface area contributed by atoms with Gasteiger partial charge in [-0.1, -0.05) is 179 Å². The lowest BCUT2D eigenvalue weighted by atomic mass is 9.78. The molecule has 428 valence electrons. The van der Waals surface area contributed by atoms with Gasteiger partial charge in [0.2, 0.25) is 5.82 Å². The van der Waals surface area contributed by atoms with Gasteiger partial charge in [-0.25, -0.2) is 26.9 Å². The minimum Gasteiger partial charge on any atom is -0.457 e. The molecule has 0 radical (unpaired) electrons. The Labute approximate surface area is 496 Å². The van der Waals surface area contributed by atoms with Crippen LogP contribution in [0.5, 0.6) is 11.5 Å². The van der Waals surface area contributed by atoms with Gasteiger partial charge >= 0.3 is 0 Å². The summed E-state index contributed by atoms with van der Waals surface area (Å²) in [7, 11) is 0. The molecule has 0 saturated carbocycles. The Morgan fingerprint density at radius 3 is 1.71 bits per heavy atom. The summed E-state index contributed by atoms with van der Waals surface area (Å²) in [5.74, 6) is -9.43. The molecule has 1 aliphatic rings. The summed E-state index contributed by atoms with van der Waals surface area (Å²) < 4.78 is 99.5. The molecule has 12 rings (SSSR count). The molecule has 0 saturated heterocycles. The number of para-hydroxylation sites is 3. The van der Waals surface area contributed by atoms with Crippen LogP contribution < -0.4 is 14.5 Å². The fraction of sp³-hybridized carbons (Fsp3) is 0.213. The van der Waals surface area contributed by atoms with E-state index in [0.717, 1.165) is 61.0 Å². The van der Waals surface area contributed by atoms with Crippen LogP contribution in [0.3, 0.4) is 0 Å². The van der Waals surface area contributed by atoms with Gasteiger partial charge < -0.3 is 14.5 Å². The molecule has 0 N–H and O–H groups in total. The van der Waals surface area contributed by atoms with Crippen LogP contribution >= 0.6 is 0 Å². The van der Waals surface area contributed by atoms with Crippen LogP contribution in [0, 0.1) is 29.1 Å². The van der Waals surface area contributed by atoms with Crippen LogP contribution in [0.25, 0.3) is 72.1 Å². The topological polar surface area (TPSA) is 33.5 Å². The lowest BCUT2D eigenvalue weighted by molar-refractivity contribution is 0.381. The van der Waals surface area contributed by atoms with E-state index in [4.69, 9.17) is 9.72 Å². The van der Waals surface area contributed by atoms with Gasteiger partial charge in [-0.15, -0.1) is 0 Å². The third kappa shape index (κ3) is 10.3. The first-order valence-electron chi connectivity index (χ1n) is 29.2. The molecule has 0 amide bonds. The molecule has 0 atom stereocenters. The van der Waals surface area contributed by atoms with Crippen molar-refractivity contribution < 1.29 is 28.1 Å². The lowest BCUT2D eigenvalue weighted by Crippen LogP contribution is -2.25. The quantitative estimate of drug-likeness (QED) is 0.0776. The van der Waals surface area contributed by atoms with Crippen LogP contribution in [0.4, 0.5) is 44.7 Å². The van der Waals surface area contributed by atoms with Gasteiger partial charge in [0.25, 0.3) is 0 Å². The Bertz CT molecular complexity index is 4430. The average Bonchev–Trinajstić information content (AvgIpc) is 1.45. The number of fused-ring (bicyclic) bond motifs is 4. The van der Waals surface area contributed by atoms with E-state index in [-0.39, 0.29) is 34.2 Å². The Kier molecular flexibility index (Phi) is 13.8. The number of pyridine rings is 1. The fourth-order valence-corrected chi connectivity index (χ4v) is 11.8. The highest BCUT2D eigenvalue weighted by molar-refractivity contribution is 6.09. The summed E-state index contributed by atoms with van der Waals surface area (Å²) in [5, 5.41) is 2.08. The molecule has 5 nitrogen and oxygen atoms in total. The number of ether oxygens (including phenoxy) is 1. The van der Waals surface area contributed by atoms with Crippen molar-refractivity contribution >= 4 is 44.6 Å². The molecule has 3 heterocycles. The third-order valence-electron chi connectivity index (χ3n) is 16.4. The molecule has 0 bridgehead atoms. The molecule has 2 aromatic heterocycles. The van der Waals surface area contributed by atoms with Gasteiger partial charge in [-0.3, -0.25) is 4.57 Å². The number of aromatic nitrogens is 2. The molecule has 10 heteroatoms. The highest BCUT2D eigenvalue weighted by atomic mass is 19.2. The summed E-state index contributed by atoms with van der Waals surface area (Å²) in [6, 6.07) is 59.0. The van der Waals surface area contributed by atoms with Gasteiger partial charge in [0.15, 0.2) is 23.3 Å². The zero-order valence-electron chi connectivity index (χ0n) is 50.7. The molecule has 0 fully saturated rings. The SMILES string of the molecule is [2H]C(C)(C)c1ccccc1-c1cc(Oc2ccc3c4ccccc4n(-c4cc(C(C)(C)C)ccn4)c3c2)cc(N2CN(c3c(-c4cc(C(C)(C)C)cc(C(C)(C)C)c4)cc(-c4ccccc4)cc3-c3c(F)c(F)c(F)c(F)c3F)c3ccccc32)c1. The van der Waals surface area contributed by atoms with Gasteiger partial charge in [-0.05, 0) is 139 Å². The largest absolute Gasteiger partial charge is 0.457 e. The van der Waals surface area contributed by atoms with E-state index in [0.29, 0.717) is 50.8 Å². The van der Waals surface area contributed by atoms with E-state index >= 15 is 22.0 Å². The van der Waals surface area contributed by atoms with E-state index in [1.807, 2.05) is 152 Å². The van der Waals surface area contributed by atoms with E-state index in [1.54, 1.807) is 0 Å². The Balaban J connectivity index is 1.09. The summed E-state index contributed by atoms with van der Waals surface area (Å²) in [6.07, 6.45) is 1.85. The highest BCUT2D eigenvalue weighted by Crippen LogP contribution is 2.54. The molecule has 9 aromatic carbocycles. The normalized spacial score (nSPS) is 13.2. The fourth-order valence-electron chi connectivity index (χ4n) is 11.8. The lowest BCUT2D eigenvalue weighted by Gasteiger charge is -2.30. The average molecular weight is 1140 g/mol. The molecule has 0 spiro atoms. The minimum absolute atomic E-state index is 0.00564. The van der Waals surface area contributed by atoms with E-state index in [1.165, 1.54) is 6.07 Å². The van der Waals surface area contributed by atoms with Crippen molar-refractivity contribution in [3.05, 3.63) is 240 Å². The number of benzene rings is 9. The predicted molar refractivity (Wildman–Crippen MR) is 339 cm³/mol. The third-order valence-corrected chi connectivity index (χ3v) is 16.4. The molecular formula is C75H67F5N4O. The summed E-state index contributed by atoms with van der Waals surface area (Å²) >= 11 is 0. The minimum atomic E-state index is -2.24. The number of hydrogen-bond donors (Lipinski definition) is 0. The molecule has 85 heavy (non-hydrogen) atoms. The Hall–Kier alpha value is -9.02. The van der Waals surface area contributed by atoms with Crippen molar-refractivity contribution in [3.63, 3.8) is 0 Å². The zero-order chi connectivity index (χ0) is 60.9. The Morgan fingerprint density at radius 2 is 1.04 bits per heavy atom. The number of halogens is 5. The highest BCUT2D eigenvalue weighted by Gasteiger charge is 2.37. The van der Waals surface area contributed by atoms with Crippen LogP contribution in [0.1, 0.15) is 106 Å². The van der Waals surface area contributed by atoms with Crippen molar-refractivity contribution in [1.82, 2.24) is 9.55 Å². The van der Waals surface area contributed by atoms with Crippen molar-refractivity contribution in [2.75, 3.05) is 16.5 Å². The van der Waals surface area contributed by atoms with Gasteiger partial charge in [0.05, 0.1) is 33.7 Å². The van der Waals surface area contributed by atoms with Crippen molar-refractivity contribution in [1.29, 1.82) is 0 Å². The number of hydrogen-bond acceptors (Lipinski definition) is 4. The van der Waals surface area contributed by atoms with E-state index < -0.39 is 40.5 Å². The number of rotatable bonds is 10. The van der Waals surface area contributed by atoms with E-state index in [9.17, 15) is 1.37 Å². The van der Waals surface area contributed by atoms with Crippen LogP contribution in [-0.2, 0) is 16.2 Å². The van der Waals surface area contributed by atoms with Crippen LogP contribution in [-0.4, -0.2) is 16.2 Å². The van der Waals surface area contributed by atoms with Gasteiger partial charge in [0, 0.05) is 47.3 Å². The van der Waals surface area contributed by atoms with E-state index in [2.05, 4.69) is 120 Å².